The van der Waals surface area contributed by atoms with Gasteiger partial charge in [-0.2, -0.15) is 5.26 Å². The Hall–Kier alpha value is -1.31. The van der Waals surface area contributed by atoms with Crippen molar-refractivity contribution in [3.8, 4) is 16.6 Å². The predicted molar refractivity (Wildman–Crippen MR) is 59.5 cm³/mol. The van der Waals surface area contributed by atoms with Crippen molar-refractivity contribution in [1.29, 1.82) is 5.26 Å². The van der Waals surface area contributed by atoms with Crippen LogP contribution in [0.1, 0.15) is 5.56 Å². The molecule has 0 aliphatic rings. The first-order valence-electron chi connectivity index (χ1n) is 3.95. The fraction of sp³-hybridized carbons (Fsp3) is 0. The van der Waals surface area contributed by atoms with Crippen LogP contribution in [0.2, 0.25) is 0 Å². The lowest BCUT2D eigenvalue weighted by atomic mass is 10.2. The van der Waals surface area contributed by atoms with E-state index in [1.807, 2.05) is 29.6 Å². The SMILES string of the molecule is N#Cc1ccc(-c2cccs2)nc1S. The van der Waals surface area contributed by atoms with Crippen LogP contribution in [-0.4, -0.2) is 4.98 Å². The summed E-state index contributed by atoms with van der Waals surface area (Å²) in [5, 5.41) is 11.2. The van der Waals surface area contributed by atoms with E-state index in [1.165, 1.54) is 0 Å². The van der Waals surface area contributed by atoms with Crippen molar-refractivity contribution in [3.63, 3.8) is 0 Å². The van der Waals surface area contributed by atoms with Crippen molar-refractivity contribution in [1.82, 2.24) is 4.98 Å². The van der Waals surface area contributed by atoms with Crippen molar-refractivity contribution in [3.05, 3.63) is 35.2 Å². The van der Waals surface area contributed by atoms with Crippen LogP contribution in [0.15, 0.2) is 34.7 Å². The summed E-state index contributed by atoms with van der Waals surface area (Å²) in [6, 6.07) is 9.57. The summed E-state index contributed by atoms with van der Waals surface area (Å²) in [5.74, 6) is 0. The molecule has 0 saturated carbocycles. The number of pyridine rings is 1. The Kier molecular flexibility index (Phi) is 2.53. The first kappa shape index (κ1) is 9.25. The maximum Gasteiger partial charge on any atom is 0.111 e. The Morgan fingerprint density at radius 3 is 2.79 bits per heavy atom. The van der Waals surface area contributed by atoms with Crippen LogP contribution in [0.3, 0.4) is 0 Å². The van der Waals surface area contributed by atoms with Gasteiger partial charge >= 0.3 is 0 Å². The average molecular weight is 218 g/mol. The van der Waals surface area contributed by atoms with Crippen molar-refractivity contribution < 1.29 is 0 Å². The van der Waals surface area contributed by atoms with Crippen LogP contribution in [0.25, 0.3) is 10.6 Å². The second kappa shape index (κ2) is 3.82. The van der Waals surface area contributed by atoms with Gasteiger partial charge in [0.25, 0.3) is 0 Å². The van der Waals surface area contributed by atoms with E-state index >= 15 is 0 Å². The predicted octanol–water partition coefficient (Wildman–Crippen LogP) is 2.97. The largest absolute Gasteiger partial charge is 0.239 e. The summed E-state index contributed by atoms with van der Waals surface area (Å²) in [6.07, 6.45) is 0. The van der Waals surface area contributed by atoms with Gasteiger partial charge in [0.2, 0.25) is 0 Å². The molecule has 0 unspecified atom stereocenters. The van der Waals surface area contributed by atoms with E-state index < -0.39 is 0 Å². The lowest BCUT2D eigenvalue weighted by molar-refractivity contribution is 1.13. The number of aromatic nitrogens is 1. The number of thiophene rings is 1. The molecule has 0 aliphatic carbocycles. The summed E-state index contributed by atoms with van der Waals surface area (Å²) in [4.78, 5) is 5.33. The maximum atomic E-state index is 8.70. The van der Waals surface area contributed by atoms with Gasteiger partial charge in [-0.3, -0.25) is 0 Å². The number of nitrogens with zero attached hydrogens (tertiary/aromatic N) is 2. The Morgan fingerprint density at radius 2 is 2.21 bits per heavy atom. The quantitative estimate of drug-likeness (QED) is 0.747. The molecule has 2 aromatic heterocycles. The highest BCUT2D eigenvalue weighted by Gasteiger charge is 2.04. The van der Waals surface area contributed by atoms with Gasteiger partial charge in [-0.25, -0.2) is 4.98 Å². The van der Waals surface area contributed by atoms with Crippen LogP contribution in [-0.2, 0) is 0 Å². The van der Waals surface area contributed by atoms with Crippen LogP contribution in [0.4, 0.5) is 0 Å². The highest BCUT2D eigenvalue weighted by Crippen LogP contribution is 2.24. The van der Waals surface area contributed by atoms with Crippen LogP contribution in [0, 0.1) is 11.3 Å². The number of hydrogen-bond acceptors (Lipinski definition) is 4. The third-order valence-electron chi connectivity index (χ3n) is 1.77. The Morgan fingerprint density at radius 1 is 1.36 bits per heavy atom. The first-order valence-corrected chi connectivity index (χ1v) is 5.28. The Labute approximate surface area is 91.3 Å². The average Bonchev–Trinajstić information content (AvgIpc) is 2.70. The van der Waals surface area contributed by atoms with Gasteiger partial charge in [0, 0.05) is 0 Å². The van der Waals surface area contributed by atoms with Crippen LogP contribution in [0.5, 0.6) is 0 Å². The molecule has 0 saturated heterocycles. The fourth-order valence-electron chi connectivity index (χ4n) is 1.10. The van der Waals surface area contributed by atoms with Gasteiger partial charge in [0.05, 0.1) is 16.1 Å². The molecule has 2 rings (SSSR count). The van der Waals surface area contributed by atoms with Gasteiger partial charge in [0.1, 0.15) is 11.1 Å². The van der Waals surface area contributed by atoms with Gasteiger partial charge in [0.15, 0.2) is 0 Å². The highest BCUT2D eigenvalue weighted by molar-refractivity contribution is 7.80. The zero-order valence-electron chi connectivity index (χ0n) is 7.14. The van der Waals surface area contributed by atoms with Crippen molar-refractivity contribution in [2.75, 3.05) is 0 Å². The molecule has 0 aliphatic heterocycles. The lowest BCUT2D eigenvalue weighted by Gasteiger charge is -1.99. The fourth-order valence-corrected chi connectivity index (χ4v) is 2.02. The highest BCUT2D eigenvalue weighted by atomic mass is 32.1. The topological polar surface area (TPSA) is 36.7 Å². The zero-order valence-corrected chi connectivity index (χ0v) is 8.85. The molecule has 2 nitrogen and oxygen atoms in total. The third kappa shape index (κ3) is 1.65. The molecule has 0 fully saturated rings. The summed E-state index contributed by atoms with van der Waals surface area (Å²) in [5.41, 5.74) is 1.37. The number of hydrogen-bond donors (Lipinski definition) is 1. The van der Waals surface area contributed by atoms with Crippen molar-refractivity contribution in [2.24, 2.45) is 0 Å². The molecule has 0 atom stereocenters. The van der Waals surface area contributed by atoms with Crippen LogP contribution >= 0.6 is 24.0 Å². The Balaban J connectivity index is 2.49. The summed E-state index contributed by atoms with van der Waals surface area (Å²) in [6.45, 7) is 0. The Bertz CT molecular complexity index is 483. The van der Waals surface area contributed by atoms with E-state index in [-0.39, 0.29) is 0 Å². The molecule has 2 aromatic rings. The standard InChI is InChI=1S/C10H6N2S2/c11-6-7-3-4-8(12-10(7)13)9-2-1-5-14-9/h1-5H,(H,12,13). The summed E-state index contributed by atoms with van der Waals surface area (Å²) >= 11 is 5.77. The van der Waals surface area contributed by atoms with E-state index in [0.29, 0.717) is 10.6 Å². The van der Waals surface area contributed by atoms with Gasteiger partial charge in [-0.1, -0.05) is 6.07 Å². The number of rotatable bonds is 1. The number of thiol groups is 1. The molecule has 4 heteroatoms. The van der Waals surface area contributed by atoms with Crippen LogP contribution < -0.4 is 0 Å². The molecule has 14 heavy (non-hydrogen) atoms. The normalized spacial score (nSPS) is 9.71. The summed E-state index contributed by atoms with van der Waals surface area (Å²) in [7, 11) is 0. The van der Waals surface area contributed by atoms with E-state index in [2.05, 4.69) is 17.6 Å². The molecule has 0 bridgehead atoms. The van der Waals surface area contributed by atoms with E-state index in [4.69, 9.17) is 5.26 Å². The molecule has 0 amide bonds. The van der Waals surface area contributed by atoms with E-state index in [1.54, 1.807) is 17.4 Å². The maximum absolute atomic E-state index is 8.70. The molecule has 0 N–H and O–H groups in total. The molecule has 2 heterocycles. The summed E-state index contributed by atoms with van der Waals surface area (Å²) < 4.78 is 0. The minimum atomic E-state index is 0.485. The van der Waals surface area contributed by atoms with Crippen molar-refractivity contribution >= 4 is 24.0 Å². The zero-order chi connectivity index (χ0) is 9.97. The van der Waals surface area contributed by atoms with E-state index in [0.717, 1.165) is 10.6 Å². The molecule has 68 valence electrons. The lowest BCUT2D eigenvalue weighted by Crippen LogP contribution is -1.86. The monoisotopic (exact) mass is 218 g/mol. The third-order valence-corrected chi connectivity index (χ3v) is 3.00. The second-order valence-electron chi connectivity index (χ2n) is 2.66. The van der Waals surface area contributed by atoms with E-state index in [9.17, 15) is 0 Å². The van der Waals surface area contributed by atoms with Gasteiger partial charge in [-0.15, -0.1) is 24.0 Å². The molecular weight excluding hydrogens is 212 g/mol. The molecular formula is C10H6N2S2. The van der Waals surface area contributed by atoms with Gasteiger partial charge in [-0.05, 0) is 23.6 Å². The van der Waals surface area contributed by atoms with Gasteiger partial charge < -0.3 is 0 Å². The first-order chi connectivity index (χ1) is 6.81. The van der Waals surface area contributed by atoms with Crippen molar-refractivity contribution in [2.45, 2.75) is 5.03 Å². The number of nitriles is 1. The minimum Gasteiger partial charge on any atom is -0.239 e. The second-order valence-corrected chi connectivity index (χ2v) is 4.03. The molecule has 0 aromatic carbocycles. The minimum absolute atomic E-state index is 0.485. The molecule has 0 radical (unpaired) electrons. The smallest absolute Gasteiger partial charge is 0.111 e. The molecule has 0 spiro atoms.